The Bertz CT molecular complexity index is 930. The fourth-order valence-electron chi connectivity index (χ4n) is 3.02. The number of ether oxygens (including phenoxy) is 1. The van der Waals surface area contributed by atoms with Gasteiger partial charge in [0, 0.05) is 34.5 Å². The predicted octanol–water partition coefficient (Wildman–Crippen LogP) is 5.38. The average Bonchev–Trinajstić information content (AvgIpc) is 3.44. The van der Waals surface area contributed by atoms with Crippen molar-refractivity contribution >= 4 is 27.5 Å². The summed E-state index contributed by atoms with van der Waals surface area (Å²) in [6.45, 7) is 0. The summed E-state index contributed by atoms with van der Waals surface area (Å²) in [7, 11) is 0. The van der Waals surface area contributed by atoms with Crippen LogP contribution in [0.5, 0.6) is 11.5 Å². The van der Waals surface area contributed by atoms with Crippen LogP contribution in [0, 0.1) is 5.92 Å². The van der Waals surface area contributed by atoms with Crippen molar-refractivity contribution in [2.75, 3.05) is 5.32 Å². The van der Waals surface area contributed by atoms with Crippen LogP contribution in [0.2, 0.25) is 0 Å². The Morgan fingerprint density at radius 2 is 1.85 bits per heavy atom. The summed E-state index contributed by atoms with van der Waals surface area (Å²) >= 11 is 3.57. The van der Waals surface area contributed by atoms with Gasteiger partial charge >= 0.3 is 0 Å². The van der Waals surface area contributed by atoms with Crippen LogP contribution in [0.1, 0.15) is 17.9 Å². The molecular formula is C21H17BrN2O2. The Hall–Kier alpha value is -2.66. The van der Waals surface area contributed by atoms with Gasteiger partial charge in [0.05, 0.1) is 0 Å². The van der Waals surface area contributed by atoms with Crippen LogP contribution < -0.4 is 10.1 Å². The van der Waals surface area contributed by atoms with E-state index in [1.165, 1.54) is 5.56 Å². The lowest BCUT2D eigenvalue weighted by Crippen LogP contribution is -2.14. The summed E-state index contributed by atoms with van der Waals surface area (Å²) in [5.41, 5.74) is 1.93. The maximum Gasteiger partial charge on any atom is 0.228 e. The molecule has 0 aliphatic heterocycles. The average molecular weight is 409 g/mol. The molecule has 2 atom stereocenters. The predicted molar refractivity (Wildman–Crippen MR) is 104 cm³/mol. The Kier molecular flexibility index (Phi) is 4.71. The van der Waals surface area contributed by atoms with Crippen molar-refractivity contribution in [2.24, 2.45) is 5.92 Å². The van der Waals surface area contributed by atoms with E-state index in [-0.39, 0.29) is 17.7 Å². The third-order valence-electron chi connectivity index (χ3n) is 4.42. The normalized spacial score (nSPS) is 18.2. The fourth-order valence-corrected chi connectivity index (χ4v) is 3.60. The molecule has 1 aromatic heterocycles. The van der Waals surface area contributed by atoms with Crippen molar-refractivity contribution in [3.05, 3.63) is 83.1 Å². The van der Waals surface area contributed by atoms with Gasteiger partial charge in [-0.15, -0.1) is 0 Å². The van der Waals surface area contributed by atoms with E-state index in [0.717, 1.165) is 16.6 Å². The zero-order valence-corrected chi connectivity index (χ0v) is 15.5. The van der Waals surface area contributed by atoms with Crippen LogP contribution in [0.25, 0.3) is 0 Å². The molecule has 0 bridgehead atoms. The molecule has 1 aliphatic rings. The summed E-state index contributed by atoms with van der Waals surface area (Å²) in [5.74, 6) is 1.72. The number of hydrogen-bond acceptors (Lipinski definition) is 3. The molecule has 0 radical (unpaired) electrons. The van der Waals surface area contributed by atoms with E-state index in [0.29, 0.717) is 11.5 Å². The van der Waals surface area contributed by atoms with E-state index in [2.05, 4.69) is 32.3 Å². The van der Waals surface area contributed by atoms with E-state index < -0.39 is 0 Å². The summed E-state index contributed by atoms with van der Waals surface area (Å²) in [6, 6.07) is 19.1. The highest BCUT2D eigenvalue weighted by Gasteiger charge is 2.44. The van der Waals surface area contributed by atoms with E-state index >= 15 is 0 Å². The SMILES string of the molecule is O=C(Nc1cccc(Oc2ccncc2)c1)C1CC1c1ccccc1Br. The molecule has 1 aliphatic carbocycles. The van der Waals surface area contributed by atoms with Crippen LogP contribution >= 0.6 is 15.9 Å². The number of aromatic nitrogens is 1. The number of anilines is 1. The number of hydrogen-bond donors (Lipinski definition) is 1. The third kappa shape index (κ3) is 3.78. The second kappa shape index (κ2) is 7.30. The van der Waals surface area contributed by atoms with Gasteiger partial charge in [-0.3, -0.25) is 9.78 Å². The summed E-state index contributed by atoms with van der Waals surface area (Å²) < 4.78 is 6.85. The smallest absolute Gasteiger partial charge is 0.228 e. The molecule has 0 spiro atoms. The standard InChI is InChI=1S/C21H17BrN2O2/c22-20-7-2-1-6-17(20)18-13-19(18)21(25)24-14-4-3-5-16(12-14)26-15-8-10-23-11-9-15/h1-12,18-19H,13H2,(H,24,25). The summed E-state index contributed by atoms with van der Waals surface area (Å²) in [6.07, 6.45) is 4.23. The first kappa shape index (κ1) is 16.8. The number of rotatable bonds is 5. The second-order valence-electron chi connectivity index (χ2n) is 6.27. The van der Waals surface area contributed by atoms with Crippen molar-refractivity contribution in [1.29, 1.82) is 0 Å². The summed E-state index contributed by atoms with van der Waals surface area (Å²) in [4.78, 5) is 16.5. The first-order valence-electron chi connectivity index (χ1n) is 8.44. The van der Waals surface area contributed by atoms with Crippen molar-refractivity contribution in [3.8, 4) is 11.5 Å². The van der Waals surface area contributed by atoms with Gasteiger partial charge in [-0.1, -0.05) is 40.2 Å². The van der Waals surface area contributed by atoms with Crippen LogP contribution in [-0.4, -0.2) is 10.9 Å². The minimum absolute atomic E-state index is 0.0125. The maximum absolute atomic E-state index is 12.6. The summed E-state index contributed by atoms with van der Waals surface area (Å²) in [5, 5.41) is 3.00. The molecule has 1 fully saturated rings. The number of carbonyl (C=O) groups is 1. The van der Waals surface area contributed by atoms with Crippen LogP contribution in [0.15, 0.2) is 77.5 Å². The molecule has 1 N–H and O–H groups in total. The molecule has 1 amide bonds. The zero-order chi connectivity index (χ0) is 17.9. The van der Waals surface area contributed by atoms with E-state index in [4.69, 9.17) is 4.74 Å². The molecule has 0 saturated heterocycles. The monoisotopic (exact) mass is 408 g/mol. The highest BCUT2D eigenvalue weighted by molar-refractivity contribution is 9.10. The van der Waals surface area contributed by atoms with E-state index in [9.17, 15) is 4.79 Å². The molecule has 3 aromatic rings. The first-order valence-corrected chi connectivity index (χ1v) is 9.23. The molecule has 5 heteroatoms. The Morgan fingerprint density at radius 1 is 1.04 bits per heavy atom. The van der Waals surface area contributed by atoms with Gasteiger partial charge in [0.1, 0.15) is 11.5 Å². The number of halogens is 1. The minimum Gasteiger partial charge on any atom is -0.457 e. The third-order valence-corrected chi connectivity index (χ3v) is 5.14. The van der Waals surface area contributed by atoms with Gasteiger partial charge < -0.3 is 10.1 Å². The molecule has 4 rings (SSSR count). The zero-order valence-electron chi connectivity index (χ0n) is 13.9. The number of benzene rings is 2. The van der Waals surface area contributed by atoms with Crippen molar-refractivity contribution < 1.29 is 9.53 Å². The van der Waals surface area contributed by atoms with Gasteiger partial charge in [-0.2, -0.15) is 0 Å². The van der Waals surface area contributed by atoms with E-state index in [1.54, 1.807) is 24.5 Å². The lowest BCUT2D eigenvalue weighted by molar-refractivity contribution is -0.117. The van der Waals surface area contributed by atoms with Gasteiger partial charge in [0.25, 0.3) is 0 Å². The van der Waals surface area contributed by atoms with Crippen LogP contribution in [-0.2, 0) is 4.79 Å². The second-order valence-corrected chi connectivity index (χ2v) is 7.13. The quantitative estimate of drug-likeness (QED) is 0.616. The van der Waals surface area contributed by atoms with Crippen LogP contribution in [0.4, 0.5) is 5.69 Å². The van der Waals surface area contributed by atoms with Gasteiger partial charge in [-0.25, -0.2) is 0 Å². The Balaban J connectivity index is 1.41. The highest BCUT2D eigenvalue weighted by atomic mass is 79.9. The van der Waals surface area contributed by atoms with Crippen LogP contribution in [0.3, 0.4) is 0 Å². The molecule has 1 heterocycles. The van der Waals surface area contributed by atoms with Gasteiger partial charge in [0.15, 0.2) is 0 Å². The molecule has 2 aromatic carbocycles. The van der Waals surface area contributed by atoms with Crippen molar-refractivity contribution in [1.82, 2.24) is 4.98 Å². The molecule has 130 valence electrons. The number of nitrogens with one attached hydrogen (secondary N) is 1. The maximum atomic E-state index is 12.6. The van der Waals surface area contributed by atoms with Crippen molar-refractivity contribution in [3.63, 3.8) is 0 Å². The van der Waals surface area contributed by atoms with E-state index in [1.807, 2.05) is 42.5 Å². The molecule has 2 unspecified atom stereocenters. The molecular weight excluding hydrogens is 392 g/mol. The highest BCUT2D eigenvalue weighted by Crippen LogP contribution is 2.50. The van der Waals surface area contributed by atoms with Gasteiger partial charge in [0.2, 0.25) is 5.91 Å². The first-order chi connectivity index (χ1) is 12.7. The lowest BCUT2D eigenvalue weighted by atomic mass is 10.1. The number of amides is 1. The number of pyridine rings is 1. The largest absolute Gasteiger partial charge is 0.457 e. The molecule has 1 saturated carbocycles. The number of nitrogens with zero attached hydrogens (tertiary/aromatic N) is 1. The lowest BCUT2D eigenvalue weighted by Gasteiger charge is -2.09. The molecule has 26 heavy (non-hydrogen) atoms. The Labute approximate surface area is 160 Å². The van der Waals surface area contributed by atoms with Crippen molar-refractivity contribution in [2.45, 2.75) is 12.3 Å². The number of carbonyl (C=O) groups excluding carboxylic acids is 1. The minimum atomic E-state index is 0.0125. The topological polar surface area (TPSA) is 51.2 Å². The van der Waals surface area contributed by atoms with Gasteiger partial charge in [-0.05, 0) is 48.2 Å². The fraction of sp³-hybridized carbons (Fsp3) is 0.143. The molecule has 4 nitrogen and oxygen atoms in total. The Morgan fingerprint density at radius 3 is 2.65 bits per heavy atom.